The molecule has 20 heavy (non-hydrogen) atoms. The minimum Gasteiger partial charge on any atom is -0.478 e. The highest BCUT2D eigenvalue weighted by atomic mass is 32.1. The number of hydrogen-bond acceptors (Lipinski definition) is 4. The van der Waals surface area contributed by atoms with Gasteiger partial charge in [0.1, 0.15) is 0 Å². The molecule has 0 spiro atoms. The fourth-order valence-electron chi connectivity index (χ4n) is 1.41. The van der Waals surface area contributed by atoms with Crippen molar-refractivity contribution in [1.29, 1.82) is 0 Å². The van der Waals surface area contributed by atoms with Crippen LogP contribution < -0.4 is 5.32 Å². The van der Waals surface area contributed by atoms with Gasteiger partial charge in [-0.1, -0.05) is 0 Å². The van der Waals surface area contributed by atoms with Crippen molar-refractivity contribution < 1.29 is 14.7 Å². The molecule has 5 nitrogen and oxygen atoms in total. The maximum Gasteiger partial charge on any atom is 0.328 e. The molecule has 1 amide bonds. The summed E-state index contributed by atoms with van der Waals surface area (Å²) in [5.74, 6) is -1.12. The molecule has 1 rings (SSSR count). The first-order valence-electron chi connectivity index (χ1n) is 6.39. The van der Waals surface area contributed by atoms with Crippen LogP contribution in [0.3, 0.4) is 0 Å². The fraction of sp³-hybridized carbons (Fsp3) is 0.429. The summed E-state index contributed by atoms with van der Waals surface area (Å²) in [4.78, 5) is 25.8. The second-order valence-corrected chi connectivity index (χ2v) is 5.82. The van der Waals surface area contributed by atoms with Crippen molar-refractivity contribution in [3.05, 3.63) is 28.0 Å². The molecule has 0 atom stereocenters. The standard InChI is InChI=1S/C14H20N2O3S/c1-10(2)16(3)9-8-15-14(19)12-6-4-11(20-12)5-7-13(17)18/h4-7,10H,8-9H2,1-3H3,(H,15,19)(H,17,18). The second-order valence-electron chi connectivity index (χ2n) is 4.70. The summed E-state index contributed by atoms with van der Waals surface area (Å²) in [6.07, 6.45) is 2.54. The van der Waals surface area contributed by atoms with Crippen LogP contribution in [0.4, 0.5) is 0 Å². The van der Waals surface area contributed by atoms with Crippen LogP contribution in [0, 0.1) is 0 Å². The molecular weight excluding hydrogens is 276 g/mol. The van der Waals surface area contributed by atoms with E-state index in [1.165, 1.54) is 17.4 Å². The van der Waals surface area contributed by atoms with Gasteiger partial charge in [-0.25, -0.2) is 4.79 Å². The van der Waals surface area contributed by atoms with E-state index in [9.17, 15) is 9.59 Å². The van der Waals surface area contributed by atoms with Gasteiger partial charge in [-0.2, -0.15) is 0 Å². The van der Waals surface area contributed by atoms with Crippen molar-refractivity contribution in [2.24, 2.45) is 0 Å². The molecule has 0 aliphatic heterocycles. The predicted octanol–water partition coefficient (Wildman–Crippen LogP) is 1.92. The Balaban J connectivity index is 2.46. The van der Waals surface area contributed by atoms with E-state index in [0.717, 1.165) is 17.5 Å². The lowest BCUT2D eigenvalue weighted by Gasteiger charge is -2.20. The van der Waals surface area contributed by atoms with E-state index in [-0.39, 0.29) is 5.91 Å². The normalized spacial score (nSPS) is 11.4. The number of hydrogen-bond donors (Lipinski definition) is 2. The number of carboxylic acids is 1. The van der Waals surface area contributed by atoms with Crippen molar-refractivity contribution in [2.45, 2.75) is 19.9 Å². The van der Waals surface area contributed by atoms with Crippen LogP contribution in [0.5, 0.6) is 0 Å². The molecule has 0 aromatic carbocycles. The average Bonchev–Trinajstić information content (AvgIpc) is 2.84. The third kappa shape index (κ3) is 5.54. The van der Waals surface area contributed by atoms with Crippen LogP contribution in [-0.2, 0) is 4.79 Å². The van der Waals surface area contributed by atoms with Gasteiger partial charge >= 0.3 is 5.97 Å². The fourth-order valence-corrected chi connectivity index (χ4v) is 2.24. The molecule has 6 heteroatoms. The Hall–Kier alpha value is -1.66. The Morgan fingerprint density at radius 1 is 1.45 bits per heavy atom. The number of likely N-dealkylation sites (N-methyl/N-ethyl adjacent to an activating group) is 1. The lowest BCUT2D eigenvalue weighted by atomic mass is 10.3. The molecule has 0 bridgehead atoms. The van der Waals surface area contributed by atoms with Gasteiger partial charge in [0.2, 0.25) is 0 Å². The van der Waals surface area contributed by atoms with E-state index in [1.54, 1.807) is 12.1 Å². The summed E-state index contributed by atoms with van der Waals surface area (Å²) < 4.78 is 0. The third-order valence-corrected chi connectivity index (χ3v) is 3.92. The first kappa shape index (κ1) is 16.4. The number of nitrogens with zero attached hydrogens (tertiary/aromatic N) is 1. The molecule has 1 aromatic rings. The van der Waals surface area contributed by atoms with Crippen LogP contribution in [-0.4, -0.2) is 48.1 Å². The molecule has 0 saturated heterocycles. The lowest BCUT2D eigenvalue weighted by molar-refractivity contribution is -0.131. The Bertz CT molecular complexity index is 494. The molecule has 110 valence electrons. The molecule has 0 fully saturated rings. The van der Waals surface area contributed by atoms with Crippen LogP contribution in [0.25, 0.3) is 6.08 Å². The molecule has 1 aromatic heterocycles. The first-order chi connectivity index (χ1) is 9.40. The van der Waals surface area contributed by atoms with Crippen LogP contribution >= 0.6 is 11.3 Å². The minimum absolute atomic E-state index is 0.123. The van der Waals surface area contributed by atoms with Gasteiger partial charge in [0.25, 0.3) is 5.91 Å². The zero-order chi connectivity index (χ0) is 15.1. The predicted molar refractivity (Wildman–Crippen MR) is 81.1 cm³/mol. The number of nitrogens with one attached hydrogen (secondary N) is 1. The van der Waals surface area contributed by atoms with Gasteiger partial charge in [0.15, 0.2) is 0 Å². The van der Waals surface area contributed by atoms with E-state index in [1.807, 2.05) is 7.05 Å². The van der Waals surface area contributed by atoms with E-state index in [0.29, 0.717) is 17.5 Å². The van der Waals surface area contributed by atoms with Crippen molar-refractivity contribution in [2.75, 3.05) is 20.1 Å². The SMILES string of the molecule is CC(C)N(C)CCNC(=O)c1ccc(C=CC(=O)O)s1. The maximum atomic E-state index is 11.9. The number of carbonyl (C=O) groups is 2. The lowest BCUT2D eigenvalue weighted by Crippen LogP contribution is -2.35. The number of thiophene rings is 1. The molecule has 1 heterocycles. The van der Waals surface area contributed by atoms with Crippen molar-refractivity contribution in [1.82, 2.24) is 10.2 Å². The van der Waals surface area contributed by atoms with E-state index < -0.39 is 5.97 Å². The monoisotopic (exact) mass is 296 g/mol. The minimum atomic E-state index is -0.999. The topological polar surface area (TPSA) is 69.6 Å². The van der Waals surface area contributed by atoms with Gasteiger partial charge in [-0.15, -0.1) is 11.3 Å². The van der Waals surface area contributed by atoms with Crippen molar-refractivity contribution in [3.63, 3.8) is 0 Å². The summed E-state index contributed by atoms with van der Waals surface area (Å²) in [6, 6.07) is 3.88. The highest BCUT2D eigenvalue weighted by molar-refractivity contribution is 7.14. The zero-order valence-corrected chi connectivity index (χ0v) is 12.7. The summed E-state index contributed by atoms with van der Waals surface area (Å²) in [5, 5.41) is 11.4. The average molecular weight is 296 g/mol. The third-order valence-electron chi connectivity index (χ3n) is 2.87. The zero-order valence-electron chi connectivity index (χ0n) is 11.9. The summed E-state index contributed by atoms with van der Waals surface area (Å²) in [6.45, 7) is 5.58. The highest BCUT2D eigenvalue weighted by Gasteiger charge is 2.09. The first-order valence-corrected chi connectivity index (χ1v) is 7.21. The summed E-state index contributed by atoms with van der Waals surface area (Å²) >= 11 is 1.27. The largest absolute Gasteiger partial charge is 0.478 e. The smallest absolute Gasteiger partial charge is 0.328 e. The van der Waals surface area contributed by atoms with Crippen molar-refractivity contribution in [3.8, 4) is 0 Å². The van der Waals surface area contributed by atoms with Crippen LogP contribution in [0.2, 0.25) is 0 Å². The van der Waals surface area contributed by atoms with E-state index >= 15 is 0 Å². The van der Waals surface area contributed by atoms with E-state index in [4.69, 9.17) is 5.11 Å². The number of amides is 1. The van der Waals surface area contributed by atoms with Crippen LogP contribution in [0.1, 0.15) is 28.4 Å². The van der Waals surface area contributed by atoms with E-state index in [2.05, 4.69) is 24.1 Å². The molecule has 0 aliphatic rings. The summed E-state index contributed by atoms with van der Waals surface area (Å²) in [7, 11) is 2.01. The Morgan fingerprint density at radius 3 is 2.75 bits per heavy atom. The second kappa shape index (κ2) is 7.81. The van der Waals surface area contributed by atoms with Gasteiger partial charge < -0.3 is 15.3 Å². The Morgan fingerprint density at radius 2 is 2.15 bits per heavy atom. The number of aliphatic carboxylic acids is 1. The van der Waals surface area contributed by atoms with Gasteiger partial charge in [0.05, 0.1) is 4.88 Å². The highest BCUT2D eigenvalue weighted by Crippen LogP contribution is 2.17. The number of carbonyl (C=O) groups excluding carboxylic acids is 1. The Kier molecular flexibility index (Phi) is 6.41. The van der Waals surface area contributed by atoms with Crippen molar-refractivity contribution >= 4 is 29.3 Å². The number of carboxylic acid groups (broad SMARTS) is 1. The van der Waals surface area contributed by atoms with Crippen LogP contribution in [0.15, 0.2) is 18.2 Å². The van der Waals surface area contributed by atoms with Gasteiger partial charge in [-0.05, 0) is 39.1 Å². The molecule has 0 aliphatic carbocycles. The quantitative estimate of drug-likeness (QED) is 0.754. The molecule has 0 unspecified atom stereocenters. The molecular formula is C14H20N2O3S. The van der Waals surface area contributed by atoms with Gasteiger partial charge in [-0.3, -0.25) is 4.79 Å². The molecule has 0 radical (unpaired) electrons. The molecule has 0 saturated carbocycles. The maximum absolute atomic E-state index is 11.9. The Labute approximate surface area is 122 Å². The van der Waals surface area contributed by atoms with Gasteiger partial charge in [0, 0.05) is 30.1 Å². The summed E-state index contributed by atoms with van der Waals surface area (Å²) in [5.41, 5.74) is 0. The molecule has 2 N–H and O–H groups in total. The number of rotatable bonds is 7.